The fraction of sp³-hybridized carbons (Fsp3) is 0.400. The molecule has 1 rings (SSSR count). The van der Waals surface area contributed by atoms with E-state index in [2.05, 4.69) is 21.2 Å². The molecular formula is C10H13BrFN. The molecule has 72 valence electrons. The van der Waals surface area contributed by atoms with Gasteiger partial charge >= 0.3 is 0 Å². The number of likely N-dealkylation sites (N-methyl/N-ethyl adjacent to an activating group) is 1. The van der Waals surface area contributed by atoms with Gasteiger partial charge in [-0.1, -0.05) is 22.9 Å². The van der Waals surface area contributed by atoms with Crippen molar-refractivity contribution < 1.29 is 4.39 Å². The molecule has 0 aliphatic carbocycles. The van der Waals surface area contributed by atoms with Crippen LogP contribution in [0.25, 0.3) is 0 Å². The van der Waals surface area contributed by atoms with Crippen LogP contribution in [0, 0.1) is 5.82 Å². The Hall–Kier alpha value is -0.410. The number of benzene rings is 1. The van der Waals surface area contributed by atoms with Crippen LogP contribution in [-0.2, 0) is 6.42 Å². The molecule has 0 aromatic heterocycles. The molecule has 1 aromatic rings. The highest BCUT2D eigenvalue weighted by atomic mass is 79.9. The van der Waals surface area contributed by atoms with E-state index in [1.165, 1.54) is 6.07 Å². The number of halogens is 2. The van der Waals surface area contributed by atoms with Crippen molar-refractivity contribution in [1.82, 2.24) is 5.32 Å². The van der Waals surface area contributed by atoms with E-state index in [1.807, 2.05) is 13.0 Å². The van der Waals surface area contributed by atoms with Gasteiger partial charge in [-0.05, 0) is 43.3 Å². The summed E-state index contributed by atoms with van der Waals surface area (Å²) in [5.74, 6) is -0.124. The number of hydrogen-bond acceptors (Lipinski definition) is 1. The smallest absolute Gasteiger partial charge is 0.126 e. The van der Waals surface area contributed by atoms with Gasteiger partial charge in [0.15, 0.2) is 0 Å². The van der Waals surface area contributed by atoms with Crippen molar-refractivity contribution in [2.45, 2.75) is 13.3 Å². The first-order chi connectivity index (χ1) is 6.24. The van der Waals surface area contributed by atoms with Gasteiger partial charge in [-0.15, -0.1) is 0 Å². The molecule has 0 heterocycles. The Morgan fingerprint density at radius 2 is 2.23 bits per heavy atom. The average molecular weight is 246 g/mol. The molecule has 0 amide bonds. The highest BCUT2D eigenvalue weighted by molar-refractivity contribution is 9.10. The van der Waals surface area contributed by atoms with E-state index in [0.717, 1.165) is 29.5 Å². The summed E-state index contributed by atoms with van der Waals surface area (Å²) in [5, 5.41) is 3.16. The summed E-state index contributed by atoms with van der Waals surface area (Å²) < 4.78 is 14.1. The number of rotatable bonds is 4. The molecule has 1 aromatic carbocycles. The van der Waals surface area contributed by atoms with E-state index in [4.69, 9.17) is 0 Å². The van der Waals surface area contributed by atoms with Crippen LogP contribution in [0.3, 0.4) is 0 Å². The van der Waals surface area contributed by atoms with Gasteiger partial charge in [-0.3, -0.25) is 0 Å². The summed E-state index contributed by atoms with van der Waals surface area (Å²) in [6, 6.07) is 5.03. The Kier molecular flexibility index (Phi) is 4.39. The summed E-state index contributed by atoms with van der Waals surface area (Å²) in [5.41, 5.74) is 0.760. The van der Waals surface area contributed by atoms with Gasteiger partial charge in [-0.25, -0.2) is 4.39 Å². The molecule has 3 heteroatoms. The topological polar surface area (TPSA) is 12.0 Å². The molecule has 0 radical (unpaired) electrons. The lowest BCUT2D eigenvalue weighted by Crippen LogP contribution is -2.16. The van der Waals surface area contributed by atoms with Crippen LogP contribution >= 0.6 is 15.9 Å². The Labute approximate surface area is 86.5 Å². The Balaban J connectivity index is 2.59. The highest BCUT2D eigenvalue weighted by Crippen LogP contribution is 2.15. The van der Waals surface area contributed by atoms with Gasteiger partial charge in [0.1, 0.15) is 5.82 Å². The lowest BCUT2D eigenvalue weighted by Gasteiger charge is -2.04. The van der Waals surface area contributed by atoms with E-state index in [-0.39, 0.29) is 5.82 Å². The molecule has 13 heavy (non-hydrogen) atoms. The zero-order valence-corrected chi connectivity index (χ0v) is 9.20. The fourth-order valence-electron chi connectivity index (χ4n) is 1.13. The zero-order valence-electron chi connectivity index (χ0n) is 7.61. The quantitative estimate of drug-likeness (QED) is 0.805. The summed E-state index contributed by atoms with van der Waals surface area (Å²) in [4.78, 5) is 0. The second-order valence-corrected chi connectivity index (χ2v) is 3.75. The van der Waals surface area contributed by atoms with Crippen molar-refractivity contribution >= 4 is 15.9 Å². The van der Waals surface area contributed by atoms with Crippen molar-refractivity contribution in [3.63, 3.8) is 0 Å². The predicted molar refractivity (Wildman–Crippen MR) is 56.3 cm³/mol. The predicted octanol–water partition coefficient (Wildman–Crippen LogP) is 2.74. The SMILES string of the molecule is CCNCCc1cc(Br)ccc1F. The molecule has 0 spiro atoms. The third-order valence-corrected chi connectivity index (χ3v) is 2.32. The molecule has 0 fully saturated rings. The van der Waals surface area contributed by atoms with Gasteiger partial charge < -0.3 is 5.32 Å². The Morgan fingerprint density at radius 1 is 1.46 bits per heavy atom. The maximum absolute atomic E-state index is 13.1. The van der Waals surface area contributed by atoms with Crippen LogP contribution in [0.15, 0.2) is 22.7 Å². The maximum atomic E-state index is 13.1. The first kappa shape index (κ1) is 10.7. The summed E-state index contributed by atoms with van der Waals surface area (Å²) >= 11 is 3.32. The first-order valence-corrected chi connectivity index (χ1v) is 5.18. The summed E-state index contributed by atoms with van der Waals surface area (Å²) in [6.45, 7) is 3.79. The van der Waals surface area contributed by atoms with Crippen molar-refractivity contribution in [1.29, 1.82) is 0 Å². The van der Waals surface area contributed by atoms with Crippen molar-refractivity contribution in [3.8, 4) is 0 Å². The molecule has 1 nitrogen and oxygen atoms in total. The molecule has 1 N–H and O–H groups in total. The highest BCUT2D eigenvalue weighted by Gasteiger charge is 2.01. The third kappa shape index (κ3) is 3.44. The Bertz CT molecular complexity index is 276. The van der Waals surface area contributed by atoms with E-state index in [9.17, 15) is 4.39 Å². The van der Waals surface area contributed by atoms with Crippen molar-refractivity contribution in [2.75, 3.05) is 13.1 Å². The van der Waals surface area contributed by atoms with Crippen LogP contribution in [0.4, 0.5) is 4.39 Å². The normalized spacial score (nSPS) is 10.4. The standard InChI is InChI=1S/C10H13BrFN/c1-2-13-6-5-8-7-9(11)3-4-10(8)12/h3-4,7,13H,2,5-6H2,1H3. The van der Waals surface area contributed by atoms with Crippen molar-refractivity contribution in [2.24, 2.45) is 0 Å². The van der Waals surface area contributed by atoms with Gasteiger partial charge in [0.05, 0.1) is 0 Å². The van der Waals surface area contributed by atoms with E-state index < -0.39 is 0 Å². The molecular weight excluding hydrogens is 233 g/mol. The molecule has 0 aliphatic rings. The minimum atomic E-state index is -0.124. The summed E-state index contributed by atoms with van der Waals surface area (Å²) in [7, 11) is 0. The lowest BCUT2D eigenvalue weighted by atomic mass is 10.1. The molecule has 0 saturated carbocycles. The summed E-state index contributed by atoms with van der Waals surface area (Å²) in [6.07, 6.45) is 0.735. The maximum Gasteiger partial charge on any atom is 0.126 e. The van der Waals surface area contributed by atoms with E-state index in [0.29, 0.717) is 0 Å². The van der Waals surface area contributed by atoms with Gasteiger partial charge in [0.2, 0.25) is 0 Å². The zero-order chi connectivity index (χ0) is 9.68. The molecule has 0 unspecified atom stereocenters. The van der Waals surface area contributed by atoms with Gasteiger partial charge in [-0.2, -0.15) is 0 Å². The molecule has 0 bridgehead atoms. The fourth-order valence-corrected chi connectivity index (χ4v) is 1.54. The molecule has 0 atom stereocenters. The Morgan fingerprint density at radius 3 is 2.92 bits per heavy atom. The minimum Gasteiger partial charge on any atom is -0.317 e. The number of nitrogens with one attached hydrogen (secondary N) is 1. The van der Waals surface area contributed by atoms with Crippen LogP contribution in [0.5, 0.6) is 0 Å². The molecule has 0 aliphatic heterocycles. The van der Waals surface area contributed by atoms with Crippen molar-refractivity contribution in [3.05, 3.63) is 34.1 Å². The van der Waals surface area contributed by atoms with Gasteiger partial charge in [0.25, 0.3) is 0 Å². The minimum absolute atomic E-state index is 0.124. The van der Waals surface area contributed by atoms with Crippen LogP contribution < -0.4 is 5.32 Å². The largest absolute Gasteiger partial charge is 0.317 e. The van der Waals surface area contributed by atoms with E-state index in [1.54, 1.807) is 6.07 Å². The third-order valence-electron chi connectivity index (χ3n) is 1.83. The molecule has 0 saturated heterocycles. The lowest BCUT2D eigenvalue weighted by molar-refractivity contribution is 0.600. The average Bonchev–Trinajstić information content (AvgIpc) is 2.11. The number of hydrogen-bond donors (Lipinski definition) is 1. The second kappa shape index (κ2) is 5.35. The van der Waals surface area contributed by atoms with E-state index >= 15 is 0 Å². The first-order valence-electron chi connectivity index (χ1n) is 4.38. The monoisotopic (exact) mass is 245 g/mol. The second-order valence-electron chi connectivity index (χ2n) is 2.84. The van der Waals surface area contributed by atoms with Crippen LogP contribution in [-0.4, -0.2) is 13.1 Å². The van der Waals surface area contributed by atoms with Crippen LogP contribution in [0.2, 0.25) is 0 Å². The van der Waals surface area contributed by atoms with Crippen LogP contribution in [0.1, 0.15) is 12.5 Å². The van der Waals surface area contributed by atoms with Gasteiger partial charge in [0, 0.05) is 4.47 Å².